The molecule has 1 aromatic heterocycles. The van der Waals surface area contributed by atoms with Crippen LogP contribution >= 0.6 is 11.3 Å². The number of aromatic nitrogens is 1. The predicted octanol–water partition coefficient (Wildman–Crippen LogP) is 2.59. The summed E-state index contributed by atoms with van der Waals surface area (Å²) >= 11 is 1.12. The molecule has 13 heteroatoms. The number of sulfonamides is 1. The van der Waals surface area contributed by atoms with Crippen LogP contribution < -0.4 is 4.80 Å². The highest BCUT2D eigenvalue weighted by Crippen LogP contribution is 2.23. The Balaban J connectivity index is 1.67. The Hall–Kier alpha value is -3.39. The molecule has 3 aromatic rings. The normalized spacial score (nSPS) is 18.7. The number of rotatable bonds is 7. The summed E-state index contributed by atoms with van der Waals surface area (Å²) in [6.07, 6.45) is -0.455. The second kappa shape index (κ2) is 11.8. The van der Waals surface area contributed by atoms with Gasteiger partial charge in [0, 0.05) is 18.7 Å². The molecule has 208 valence electrons. The molecule has 1 amide bonds. The molecular formula is C26H29N3O8S2. The van der Waals surface area contributed by atoms with E-state index in [-0.39, 0.29) is 53.7 Å². The molecule has 1 aliphatic rings. The molecule has 0 aliphatic carbocycles. The molecule has 4 rings (SSSR count). The molecule has 0 bridgehead atoms. The third kappa shape index (κ3) is 6.27. The summed E-state index contributed by atoms with van der Waals surface area (Å²) in [6, 6.07) is 10.4. The average Bonchev–Trinajstić information content (AvgIpc) is 3.23. The van der Waals surface area contributed by atoms with Gasteiger partial charge in [0.15, 0.2) is 4.80 Å². The minimum atomic E-state index is -3.76. The Morgan fingerprint density at radius 3 is 2.31 bits per heavy atom. The van der Waals surface area contributed by atoms with E-state index in [2.05, 4.69) is 4.99 Å². The number of nitrogens with zero attached hydrogens (tertiary/aromatic N) is 3. The highest BCUT2D eigenvalue weighted by Gasteiger charge is 2.32. The van der Waals surface area contributed by atoms with Gasteiger partial charge >= 0.3 is 11.9 Å². The first-order valence-electron chi connectivity index (χ1n) is 12.3. The first-order chi connectivity index (χ1) is 18.5. The van der Waals surface area contributed by atoms with Gasteiger partial charge in [-0.1, -0.05) is 11.3 Å². The number of thiazole rings is 1. The third-order valence-corrected chi connectivity index (χ3v) is 8.92. The number of benzene rings is 2. The summed E-state index contributed by atoms with van der Waals surface area (Å²) in [7, 11) is -2.51. The molecule has 2 heterocycles. The molecule has 1 fully saturated rings. The van der Waals surface area contributed by atoms with Crippen molar-refractivity contribution in [2.24, 2.45) is 4.99 Å². The van der Waals surface area contributed by atoms with Crippen molar-refractivity contribution in [1.29, 1.82) is 0 Å². The zero-order valence-electron chi connectivity index (χ0n) is 21.9. The number of hydrogen-bond donors (Lipinski definition) is 0. The van der Waals surface area contributed by atoms with Crippen molar-refractivity contribution in [3.05, 3.63) is 58.4 Å². The smallest absolute Gasteiger partial charge is 0.338 e. The molecule has 11 nitrogen and oxygen atoms in total. The number of ether oxygens (including phenoxy) is 3. The number of methoxy groups -OCH3 is 1. The quantitative estimate of drug-likeness (QED) is 0.393. The van der Waals surface area contributed by atoms with Crippen molar-refractivity contribution >= 4 is 49.4 Å². The largest absolute Gasteiger partial charge is 0.468 e. The maximum absolute atomic E-state index is 13.1. The number of fused-ring (bicyclic) bond motifs is 1. The number of esters is 2. The Morgan fingerprint density at radius 2 is 1.69 bits per heavy atom. The number of amides is 1. The zero-order chi connectivity index (χ0) is 28.3. The van der Waals surface area contributed by atoms with Gasteiger partial charge in [0.2, 0.25) is 10.0 Å². The number of carbonyl (C=O) groups excluding carboxylic acids is 3. The van der Waals surface area contributed by atoms with Crippen LogP contribution in [0.25, 0.3) is 10.2 Å². The Labute approximate surface area is 229 Å². The SMILES string of the molecule is CCOC(=O)c1ccc2c(c1)sc(=NC(=O)c1ccc(S(=O)(=O)N3C[C@@H](C)O[C@H](C)C3)cc1)n2CC(=O)OC. The number of hydrogen-bond acceptors (Lipinski definition) is 9. The topological polar surface area (TPSA) is 134 Å². The minimum absolute atomic E-state index is 0.0643. The van der Waals surface area contributed by atoms with Crippen LogP contribution in [0, 0.1) is 0 Å². The van der Waals surface area contributed by atoms with Crippen LogP contribution in [0.1, 0.15) is 41.5 Å². The maximum atomic E-state index is 13.1. The van der Waals surface area contributed by atoms with Gasteiger partial charge in [-0.25, -0.2) is 13.2 Å². The first-order valence-corrected chi connectivity index (χ1v) is 14.5. The van der Waals surface area contributed by atoms with Gasteiger partial charge in [-0.05, 0) is 63.2 Å². The van der Waals surface area contributed by atoms with E-state index in [1.165, 1.54) is 40.2 Å². The minimum Gasteiger partial charge on any atom is -0.468 e. The van der Waals surface area contributed by atoms with Crippen molar-refractivity contribution in [1.82, 2.24) is 8.87 Å². The molecule has 0 saturated carbocycles. The van der Waals surface area contributed by atoms with Crippen LogP contribution in [-0.4, -0.2) is 74.2 Å². The summed E-state index contributed by atoms with van der Waals surface area (Å²) in [5, 5.41) is 0. The lowest BCUT2D eigenvalue weighted by Crippen LogP contribution is -2.48. The van der Waals surface area contributed by atoms with E-state index < -0.39 is 27.9 Å². The second-order valence-electron chi connectivity index (χ2n) is 8.97. The molecule has 2 aromatic carbocycles. The highest BCUT2D eigenvalue weighted by molar-refractivity contribution is 7.89. The Bertz CT molecular complexity index is 1560. The van der Waals surface area contributed by atoms with E-state index in [0.717, 1.165) is 11.3 Å². The van der Waals surface area contributed by atoms with Gasteiger partial charge in [0.1, 0.15) is 6.54 Å². The van der Waals surface area contributed by atoms with E-state index in [9.17, 15) is 22.8 Å². The molecule has 0 spiro atoms. The summed E-state index contributed by atoms with van der Waals surface area (Å²) in [6.45, 7) is 5.86. The molecular weight excluding hydrogens is 546 g/mol. The van der Waals surface area contributed by atoms with Gasteiger partial charge in [-0.2, -0.15) is 9.30 Å². The van der Waals surface area contributed by atoms with Crippen molar-refractivity contribution in [2.45, 2.75) is 44.4 Å². The molecule has 39 heavy (non-hydrogen) atoms. The van der Waals surface area contributed by atoms with Crippen LogP contribution in [-0.2, 0) is 35.6 Å². The third-order valence-electron chi connectivity index (χ3n) is 6.03. The molecule has 2 atom stereocenters. The summed E-state index contributed by atoms with van der Waals surface area (Å²) in [5.74, 6) is -1.65. The summed E-state index contributed by atoms with van der Waals surface area (Å²) in [4.78, 5) is 41.8. The van der Waals surface area contributed by atoms with Crippen molar-refractivity contribution in [2.75, 3.05) is 26.8 Å². The molecule has 0 radical (unpaired) electrons. The van der Waals surface area contributed by atoms with Crippen LogP contribution in [0.5, 0.6) is 0 Å². The summed E-state index contributed by atoms with van der Waals surface area (Å²) in [5.41, 5.74) is 1.09. The van der Waals surface area contributed by atoms with E-state index in [4.69, 9.17) is 14.2 Å². The maximum Gasteiger partial charge on any atom is 0.338 e. The first kappa shape index (κ1) is 28.6. The van der Waals surface area contributed by atoms with Crippen molar-refractivity contribution in [3.63, 3.8) is 0 Å². The Kier molecular flexibility index (Phi) is 8.64. The standard InChI is InChI=1S/C26H29N3O8S2/c1-5-36-25(32)19-8-11-21-22(12-19)38-26(29(21)15-23(30)35-4)27-24(31)18-6-9-20(10-7-18)39(33,34)28-13-16(2)37-17(3)14-28/h6-12,16-17H,5,13-15H2,1-4H3/t16-,17-/m1/s1. The molecule has 0 N–H and O–H groups in total. The number of carbonyl (C=O) groups is 3. The van der Waals surface area contributed by atoms with Gasteiger partial charge in [0.25, 0.3) is 5.91 Å². The van der Waals surface area contributed by atoms with Gasteiger partial charge in [-0.3, -0.25) is 9.59 Å². The predicted molar refractivity (Wildman–Crippen MR) is 143 cm³/mol. The van der Waals surface area contributed by atoms with Crippen LogP contribution in [0.3, 0.4) is 0 Å². The molecule has 1 saturated heterocycles. The number of morpholine rings is 1. The van der Waals surface area contributed by atoms with Crippen molar-refractivity contribution < 1.29 is 37.0 Å². The molecule has 0 unspecified atom stereocenters. The lowest BCUT2D eigenvalue weighted by molar-refractivity contribution is -0.141. The fourth-order valence-corrected chi connectivity index (χ4v) is 6.90. The highest BCUT2D eigenvalue weighted by atomic mass is 32.2. The van der Waals surface area contributed by atoms with Gasteiger partial charge in [-0.15, -0.1) is 0 Å². The van der Waals surface area contributed by atoms with Crippen LogP contribution in [0.4, 0.5) is 0 Å². The van der Waals surface area contributed by atoms with Crippen LogP contribution in [0.2, 0.25) is 0 Å². The fraction of sp³-hybridized carbons (Fsp3) is 0.385. The Morgan fingerprint density at radius 1 is 1.05 bits per heavy atom. The van der Waals surface area contributed by atoms with E-state index >= 15 is 0 Å². The van der Waals surface area contributed by atoms with Gasteiger partial charge < -0.3 is 18.8 Å². The fourth-order valence-electron chi connectivity index (χ4n) is 4.24. The second-order valence-corrected chi connectivity index (χ2v) is 11.9. The average molecular weight is 576 g/mol. The van der Waals surface area contributed by atoms with E-state index in [1.54, 1.807) is 25.1 Å². The lowest BCUT2D eigenvalue weighted by Gasteiger charge is -2.34. The lowest BCUT2D eigenvalue weighted by atomic mass is 10.2. The van der Waals surface area contributed by atoms with Crippen molar-refractivity contribution in [3.8, 4) is 0 Å². The molecule has 1 aliphatic heterocycles. The summed E-state index contributed by atoms with van der Waals surface area (Å²) < 4.78 is 45.3. The monoisotopic (exact) mass is 575 g/mol. The zero-order valence-corrected chi connectivity index (χ0v) is 23.6. The van der Waals surface area contributed by atoms with Gasteiger partial charge in [0.05, 0.1) is 46.6 Å². The van der Waals surface area contributed by atoms with Crippen LogP contribution in [0.15, 0.2) is 52.4 Å². The van der Waals surface area contributed by atoms with E-state index in [1.807, 2.05) is 13.8 Å². The van der Waals surface area contributed by atoms with E-state index in [0.29, 0.717) is 15.8 Å².